The van der Waals surface area contributed by atoms with Crippen molar-refractivity contribution in [2.75, 3.05) is 44.3 Å². The molecule has 0 radical (unpaired) electrons. The molecular weight excluding hydrogens is 510 g/mol. The van der Waals surface area contributed by atoms with Crippen LogP contribution in [0.15, 0.2) is 83.9 Å². The maximum Gasteiger partial charge on any atom is 0.247 e. The van der Waals surface area contributed by atoms with E-state index in [0.717, 1.165) is 49.7 Å². The first kappa shape index (κ1) is 27.2. The average molecular weight is 546 g/mol. The van der Waals surface area contributed by atoms with E-state index < -0.39 is 16.1 Å². The zero-order valence-corrected chi connectivity index (χ0v) is 23.0. The first-order chi connectivity index (χ1) is 18.9. The van der Waals surface area contributed by atoms with Crippen LogP contribution in [-0.2, 0) is 21.4 Å². The highest BCUT2D eigenvalue weighted by molar-refractivity contribution is 7.89. The lowest BCUT2D eigenvalue weighted by Crippen LogP contribution is -2.43. The van der Waals surface area contributed by atoms with Crippen LogP contribution in [0.1, 0.15) is 35.6 Å². The molecule has 0 bridgehead atoms. The Morgan fingerprint density at radius 1 is 0.949 bits per heavy atom. The van der Waals surface area contributed by atoms with Crippen molar-refractivity contribution in [3.63, 3.8) is 0 Å². The zero-order chi connectivity index (χ0) is 27.2. The molecule has 1 fully saturated rings. The Kier molecular flexibility index (Phi) is 8.52. The molecule has 1 amide bonds. The lowest BCUT2D eigenvalue weighted by Gasteiger charge is -2.32. The molecule has 1 atom stereocenters. The first-order valence-corrected chi connectivity index (χ1v) is 15.0. The van der Waals surface area contributed by atoms with Crippen LogP contribution in [0.25, 0.3) is 0 Å². The van der Waals surface area contributed by atoms with Crippen molar-refractivity contribution in [3.05, 3.63) is 95.6 Å². The molecule has 2 aliphatic heterocycles. The molecule has 0 saturated carbocycles. The predicted molar refractivity (Wildman–Crippen MR) is 156 cm³/mol. The molecule has 9 heteroatoms. The van der Waals surface area contributed by atoms with Crippen LogP contribution in [0.4, 0.5) is 11.4 Å². The minimum Gasteiger partial charge on any atom is -0.324 e. The standard InChI is InChI=1S/C30H35N5O3S/c1-34-17-19-35(20-18-34)22-23-13-15-25(16-14-23)31-27(24-8-3-2-4-9-24)12-7-21-39(37,38)33-29-26-10-5-6-11-28(26)32-30(29)36/h2-6,8-11,13-16,29,33H,7,12,17-22H2,1H3,(H,32,36). The van der Waals surface area contributed by atoms with Gasteiger partial charge in [0.1, 0.15) is 6.04 Å². The molecule has 5 rings (SSSR count). The highest BCUT2D eigenvalue weighted by atomic mass is 32.2. The van der Waals surface area contributed by atoms with Gasteiger partial charge in [-0.3, -0.25) is 14.7 Å². The largest absolute Gasteiger partial charge is 0.324 e. The number of anilines is 1. The lowest BCUT2D eigenvalue weighted by molar-refractivity contribution is -0.117. The summed E-state index contributed by atoms with van der Waals surface area (Å²) in [5.74, 6) is -0.461. The zero-order valence-electron chi connectivity index (χ0n) is 22.2. The smallest absolute Gasteiger partial charge is 0.247 e. The third-order valence-electron chi connectivity index (χ3n) is 7.23. The second-order valence-electron chi connectivity index (χ2n) is 10.2. The van der Waals surface area contributed by atoms with E-state index in [1.165, 1.54) is 5.56 Å². The molecule has 3 aromatic rings. The van der Waals surface area contributed by atoms with Crippen molar-refractivity contribution in [1.82, 2.24) is 14.5 Å². The lowest BCUT2D eigenvalue weighted by atomic mass is 10.1. The predicted octanol–water partition coefficient (Wildman–Crippen LogP) is 3.95. The number of fused-ring (bicyclic) bond motifs is 1. The van der Waals surface area contributed by atoms with Crippen molar-refractivity contribution in [1.29, 1.82) is 0 Å². The summed E-state index contributed by atoms with van der Waals surface area (Å²) >= 11 is 0. The maximum absolute atomic E-state index is 12.9. The molecule has 8 nitrogen and oxygen atoms in total. The van der Waals surface area contributed by atoms with Gasteiger partial charge in [-0.25, -0.2) is 8.42 Å². The SMILES string of the molecule is CN1CCN(Cc2ccc(N=C(CCCS(=O)(=O)NC3C(=O)Nc4ccccc43)c3ccccc3)cc2)CC1. The number of hydrogen-bond acceptors (Lipinski definition) is 6. The number of hydrogen-bond donors (Lipinski definition) is 2. The molecule has 0 spiro atoms. The van der Waals surface area contributed by atoms with E-state index in [2.05, 4.69) is 39.0 Å². The van der Waals surface area contributed by atoms with E-state index in [9.17, 15) is 13.2 Å². The van der Waals surface area contributed by atoms with Crippen LogP contribution < -0.4 is 10.0 Å². The maximum atomic E-state index is 12.9. The van der Waals surface area contributed by atoms with Crippen molar-refractivity contribution >= 4 is 33.0 Å². The third-order valence-corrected chi connectivity index (χ3v) is 8.65. The molecule has 39 heavy (non-hydrogen) atoms. The van der Waals surface area contributed by atoms with Crippen LogP contribution in [0.3, 0.4) is 0 Å². The number of carbonyl (C=O) groups excluding carboxylic acids is 1. The fourth-order valence-electron chi connectivity index (χ4n) is 4.99. The fraction of sp³-hybridized carbons (Fsp3) is 0.333. The fourth-order valence-corrected chi connectivity index (χ4v) is 6.22. The van der Waals surface area contributed by atoms with Crippen LogP contribution in [-0.4, -0.2) is 68.8 Å². The molecule has 2 aliphatic rings. The van der Waals surface area contributed by atoms with E-state index >= 15 is 0 Å². The van der Waals surface area contributed by atoms with Gasteiger partial charge in [-0.05, 0) is 49.2 Å². The highest BCUT2D eigenvalue weighted by Crippen LogP contribution is 2.30. The van der Waals surface area contributed by atoms with E-state index in [1.807, 2.05) is 48.5 Å². The molecular formula is C30H35N5O3S. The van der Waals surface area contributed by atoms with Crippen LogP contribution >= 0.6 is 0 Å². The van der Waals surface area contributed by atoms with E-state index in [4.69, 9.17) is 4.99 Å². The molecule has 2 N–H and O–H groups in total. The highest BCUT2D eigenvalue weighted by Gasteiger charge is 2.33. The number of nitrogens with zero attached hydrogens (tertiary/aromatic N) is 3. The number of amides is 1. The second kappa shape index (κ2) is 12.2. The average Bonchev–Trinajstić information content (AvgIpc) is 3.25. The van der Waals surface area contributed by atoms with Gasteiger partial charge in [0, 0.05) is 49.7 Å². The monoisotopic (exact) mass is 545 g/mol. The number of aliphatic imine (C=N–C) groups is 1. The summed E-state index contributed by atoms with van der Waals surface area (Å²) in [4.78, 5) is 22.1. The summed E-state index contributed by atoms with van der Waals surface area (Å²) in [7, 11) is -1.53. The molecule has 0 aliphatic carbocycles. The van der Waals surface area contributed by atoms with Crippen molar-refractivity contribution < 1.29 is 13.2 Å². The molecule has 0 aromatic heterocycles. The Morgan fingerprint density at radius 2 is 1.64 bits per heavy atom. The summed E-state index contributed by atoms with van der Waals surface area (Å²) in [5.41, 5.74) is 5.19. The molecule has 1 saturated heterocycles. The Morgan fingerprint density at radius 3 is 2.38 bits per heavy atom. The summed E-state index contributed by atoms with van der Waals surface area (Å²) < 4.78 is 28.4. The van der Waals surface area contributed by atoms with Gasteiger partial charge in [0.15, 0.2) is 0 Å². The van der Waals surface area contributed by atoms with Gasteiger partial charge in [0.25, 0.3) is 0 Å². The number of carbonyl (C=O) groups is 1. The topological polar surface area (TPSA) is 94.1 Å². The van der Waals surface area contributed by atoms with Gasteiger partial charge >= 0.3 is 0 Å². The minimum atomic E-state index is -3.69. The van der Waals surface area contributed by atoms with E-state index in [-0.39, 0.29) is 11.7 Å². The van der Waals surface area contributed by atoms with Gasteiger partial charge in [-0.2, -0.15) is 4.72 Å². The quantitative estimate of drug-likeness (QED) is 0.377. The summed E-state index contributed by atoms with van der Waals surface area (Å²) in [6.07, 6.45) is 0.863. The number of nitrogens with one attached hydrogen (secondary N) is 2. The number of rotatable bonds is 10. The van der Waals surface area contributed by atoms with Crippen LogP contribution in [0, 0.1) is 0 Å². The van der Waals surface area contributed by atoms with Gasteiger partial charge < -0.3 is 10.2 Å². The molecule has 3 aromatic carbocycles. The minimum absolute atomic E-state index is 0.102. The first-order valence-electron chi connectivity index (χ1n) is 13.4. The van der Waals surface area contributed by atoms with Gasteiger partial charge in [0.2, 0.25) is 15.9 Å². The Labute approximate surface area is 230 Å². The Balaban J connectivity index is 1.23. The normalized spacial score (nSPS) is 18.6. The summed E-state index contributed by atoms with van der Waals surface area (Å²) in [6.45, 7) is 5.26. The number of sulfonamides is 1. The van der Waals surface area contributed by atoms with Crippen LogP contribution in [0.5, 0.6) is 0 Å². The van der Waals surface area contributed by atoms with Crippen molar-refractivity contribution in [2.24, 2.45) is 4.99 Å². The molecule has 204 valence electrons. The van der Waals surface area contributed by atoms with Gasteiger partial charge in [0.05, 0.1) is 11.4 Å². The third kappa shape index (κ3) is 7.19. The van der Waals surface area contributed by atoms with E-state index in [1.54, 1.807) is 18.2 Å². The number of benzene rings is 3. The number of piperazine rings is 1. The number of para-hydroxylation sites is 1. The molecule has 2 heterocycles. The van der Waals surface area contributed by atoms with E-state index in [0.29, 0.717) is 24.1 Å². The number of likely N-dealkylation sites (N-methyl/N-ethyl adjacent to an activating group) is 1. The van der Waals surface area contributed by atoms with Crippen LogP contribution in [0.2, 0.25) is 0 Å². The Hall–Kier alpha value is -3.37. The summed E-state index contributed by atoms with van der Waals surface area (Å²) in [5, 5.41) is 2.73. The van der Waals surface area contributed by atoms with Crippen molar-refractivity contribution in [2.45, 2.75) is 25.4 Å². The van der Waals surface area contributed by atoms with Gasteiger partial charge in [-0.15, -0.1) is 0 Å². The van der Waals surface area contributed by atoms with Crippen molar-refractivity contribution in [3.8, 4) is 0 Å². The second-order valence-corrected chi connectivity index (χ2v) is 12.1. The summed E-state index contributed by atoms with van der Waals surface area (Å²) in [6, 6.07) is 24.4. The van der Waals surface area contributed by atoms with Gasteiger partial charge in [-0.1, -0.05) is 60.7 Å². The Bertz CT molecular complexity index is 1420. The molecule has 1 unspecified atom stereocenters.